The second-order valence-corrected chi connectivity index (χ2v) is 13.7. The molecule has 3 aliphatic carbocycles. The normalized spacial score (nSPS) is 31.7. The van der Waals surface area contributed by atoms with Crippen LogP contribution in [0.15, 0.2) is 38.8 Å². The Balaban J connectivity index is 1.43. The fourth-order valence-corrected chi connectivity index (χ4v) is 8.65. The van der Waals surface area contributed by atoms with Gasteiger partial charge in [0, 0.05) is 23.7 Å². The third-order valence-corrected chi connectivity index (χ3v) is 10.1. The van der Waals surface area contributed by atoms with Crippen molar-refractivity contribution >= 4 is 43.2 Å². The molecule has 1 aromatic carbocycles. The van der Waals surface area contributed by atoms with Crippen LogP contribution in [0.5, 0.6) is 0 Å². The fraction of sp³-hybridized carbons (Fsp3) is 0.565. The number of anilines is 2. The molecule has 3 N–H and O–H groups in total. The molecule has 2 unspecified atom stereocenters. The first-order chi connectivity index (χ1) is 16.5. The summed E-state index contributed by atoms with van der Waals surface area (Å²) in [6.07, 6.45) is 7.92. The Morgan fingerprint density at radius 2 is 1.86 bits per heavy atom. The Kier molecular flexibility index (Phi) is 5.02. The number of nitrogens with zero attached hydrogens (tertiary/aromatic N) is 2. The van der Waals surface area contributed by atoms with Gasteiger partial charge in [0.1, 0.15) is 16.2 Å². The number of sulfonamides is 2. The van der Waals surface area contributed by atoms with Gasteiger partial charge in [0.05, 0.1) is 11.9 Å². The molecule has 2 heterocycles. The van der Waals surface area contributed by atoms with Gasteiger partial charge >= 0.3 is 0 Å². The zero-order valence-electron chi connectivity index (χ0n) is 19.3. The molecule has 0 aromatic heterocycles. The number of rotatable bonds is 4. The van der Waals surface area contributed by atoms with E-state index in [1.54, 1.807) is 0 Å². The van der Waals surface area contributed by atoms with E-state index in [2.05, 4.69) is 14.4 Å². The molecular formula is C23H28N4O6S2. The lowest BCUT2D eigenvalue weighted by atomic mass is 9.77. The molecule has 10 nitrogen and oxygen atoms in total. The Hall–Kier alpha value is -2.60. The highest BCUT2D eigenvalue weighted by atomic mass is 32.2. The van der Waals surface area contributed by atoms with Crippen molar-refractivity contribution in [3.63, 3.8) is 0 Å². The minimum atomic E-state index is -4.26. The number of hydrogen-bond acceptors (Lipinski definition) is 7. The summed E-state index contributed by atoms with van der Waals surface area (Å²) in [6, 6.07) is 4.10. The SMILES string of the molecule is CS(=O)(=O)Nc1ccc2c(c1)S(=O)(=O)N=C(C1=C(O)C3C([C@H]4CC[C@@H]3C4)N(C3CCCC3)C1=O)N2. The minimum Gasteiger partial charge on any atom is -0.511 e. The monoisotopic (exact) mass is 520 g/mol. The Morgan fingerprint density at radius 1 is 1.14 bits per heavy atom. The van der Waals surface area contributed by atoms with Gasteiger partial charge in [-0.2, -0.15) is 8.42 Å². The summed E-state index contributed by atoms with van der Waals surface area (Å²) in [5.41, 5.74) is 0.200. The number of benzene rings is 1. The molecule has 12 heteroatoms. The average Bonchev–Trinajstić information content (AvgIpc) is 3.51. The maximum atomic E-state index is 13.9. The lowest BCUT2D eigenvalue weighted by Gasteiger charge is -2.46. The number of aliphatic hydroxyl groups is 1. The van der Waals surface area contributed by atoms with Crippen molar-refractivity contribution in [2.45, 2.75) is 61.9 Å². The predicted octanol–water partition coefficient (Wildman–Crippen LogP) is 2.58. The van der Waals surface area contributed by atoms with Crippen molar-refractivity contribution in [2.24, 2.45) is 22.2 Å². The third-order valence-electron chi connectivity index (χ3n) is 8.20. The lowest BCUT2D eigenvalue weighted by Crippen LogP contribution is -2.57. The molecule has 6 rings (SSSR count). The van der Waals surface area contributed by atoms with Gasteiger partial charge in [0.15, 0.2) is 5.84 Å². The van der Waals surface area contributed by atoms with E-state index in [9.17, 15) is 26.7 Å². The quantitative estimate of drug-likeness (QED) is 0.553. The largest absolute Gasteiger partial charge is 0.511 e. The molecule has 0 spiro atoms. The molecular weight excluding hydrogens is 492 g/mol. The average molecular weight is 521 g/mol. The van der Waals surface area contributed by atoms with Crippen LogP contribution in [0.2, 0.25) is 0 Å². The molecule has 0 saturated heterocycles. The van der Waals surface area contributed by atoms with E-state index in [0.29, 0.717) is 5.92 Å². The summed E-state index contributed by atoms with van der Waals surface area (Å²) in [4.78, 5) is 15.6. The van der Waals surface area contributed by atoms with Crippen molar-refractivity contribution in [1.29, 1.82) is 0 Å². The molecule has 2 bridgehead atoms. The Bertz CT molecular complexity index is 1390. The van der Waals surface area contributed by atoms with E-state index < -0.39 is 20.0 Å². The van der Waals surface area contributed by atoms with Crippen LogP contribution in [0.25, 0.3) is 0 Å². The highest BCUT2D eigenvalue weighted by Gasteiger charge is 2.58. The van der Waals surface area contributed by atoms with Crippen molar-refractivity contribution in [3.05, 3.63) is 29.5 Å². The molecule has 3 saturated carbocycles. The summed E-state index contributed by atoms with van der Waals surface area (Å²) in [6.45, 7) is 0. The molecule has 1 aromatic rings. The predicted molar refractivity (Wildman–Crippen MR) is 130 cm³/mol. The number of hydrogen-bond donors (Lipinski definition) is 3. The number of carbonyl (C=O) groups excluding carboxylic acids is 1. The Labute approximate surface area is 204 Å². The number of aliphatic hydroxyl groups excluding tert-OH is 1. The van der Waals surface area contributed by atoms with E-state index in [1.807, 2.05) is 4.90 Å². The summed E-state index contributed by atoms with van der Waals surface area (Å²) in [5.74, 6) is -0.144. The summed E-state index contributed by atoms with van der Waals surface area (Å²) in [7, 11) is -7.86. The van der Waals surface area contributed by atoms with Gasteiger partial charge in [-0.05, 0) is 62.1 Å². The maximum Gasteiger partial charge on any atom is 0.286 e. The summed E-state index contributed by atoms with van der Waals surface area (Å²) < 4.78 is 55.5. The first kappa shape index (κ1) is 22.8. The van der Waals surface area contributed by atoms with Crippen molar-refractivity contribution in [3.8, 4) is 0 Å². The van der Waals surface area contributed by atoms with Crippen molar-refractivity contribution < 1.29 is 26.7 Å². The third kappa shape index (κ3) is 3.64. The Morgan fingerprint density at radius 3 is 2.57 bits per heavy atom. The van der Waals surface area contributed by atoms with E-state index in [0.717, 1.165) is 51.2 Å². The standard InChI is InChI=1S/C23H28N4O6S2/c1-34(30,31)25-14-8-9-16-17(11-14)35(32,33)26-22(24-16)19-21(28)18-12-6-7-13(10-12)20(18)27(23(19)29)15-4-2-3-5-15/h8-9,11-13,15,18,20,25,28H,2-7,10H2,1H3,(H,24,26)/t12-,13+,18?,20?/m1/s1. The second-order valence-electron chi connectivity index (χ2n) is 10.4. The molecule has 35 heavy (non-hydrogen) atoms. The number of carbonyl (C=O) groups is 1. The van der Waals surface area contributed by atoms with Crippen LogP contribution >= 0.6 is 0 Å². The van der Waals surface area contributed by atoms with Gasteiger partial charge in [-0.3, -0.25) is 9.52 Å². The number of fused-ring (bicyclic) bond motifs is 6. The molecule has 1 amide bonds. The van der Waals surface area contributed by atoms with E-state index in [-0.39, 0.29) is 63.3 Å². The van der Waals surface area contributed by atoms with E-state index in [1.165, 1.54) is 18.2 Å². The van der Waals surface area contributed by atoms with Gasteiger partial charge in [0.2, 0.25) is 10.0 Å². The number of amides is 1. The first-order valence-corrected chi connectivity index (χ1v) is 15.4. The van der Waals surface area contributed by atoms with Crippen molar-refractivity contribution in [1.82, 2.24) is 4.90 Å². The number of nitrogens with one attached hydrogen (secondary N) is 2. The fourth-order valence-electron chi connectivity index (χ4n) is 6.95. The topological polar surface area (TPSA) is 145 Å². The molecule has 188 valence electrons. The molecule has 2 aliphatic heterocycles. The lowest BCUT2D eigenvalue weighted by molar-refractivity contribution is -0.136. The van der Waals surface area contributed by atoms with Crippen molar-refractivity contribution in [2.75, 3.05) is 16.3 Å². The highest BCUT2D eigenvalue weighted by Crippen LogP contribution is 2.56. The highest BCUT2D eigenvalue weighted by molar-refractivity contribution is 7.92. The van der Waals surface area contributed by atoms with Gasteiger partial charge in [-0.1, -0.05) is 12.8 Å². The van der Waals surface area contributed by atoms with E-state index >= 15 is 0 Å². The van der Waals surface area contributed by atoms with Crippen LogP contribution in [-0.2, 0) is 24.8 Å². The minimum absolute atomic E-state index is 0.0363. The van der Waals surface area contributed by atoms with Crippen LogP contribution < -0.4 is 10.0 Å². The van der Waals surface area contributed by atoms with Crippen LogP contribution in [0.3, 0.4) is 0 Å². The van der Waals surface area contributed by atoms with Gasteiger partial charge in [-0.25, -0.2) is 8.42 Å². The van der Waals surface area contributed by atoms with Gasteiger partial charge < -0.3 is 15.3 Å². The number of amidine groups is 1. The zero-order chi connectivity index (χ0) is 24.7. The van der Waals surface area contributed by atoms with Gasteiger partial charge in [-0.15, -0.1) is 4.40 Å². The first-order valence-electron chi connectivity index (χ1n) is 12.0. The molecule has 4 atom stereocenters. The van der Waals surface area contributed by atoms with Crippen LogP contribution in [0.1, 0.15) is 44.9 Å². The molecule has 0 radical (unpaired) electrons. The van der Waals surface area contributed by atoms with Crippen LogP contribution in [0, 0.1) is 17.8 Å². The van der Waals surface area contributed by atoms with E-state index in [4.69, 9.17) is 0 Å². The zero-order valence-corrected chi connectivity index (χ0v) is 20.9. The summed E-state index contributed by atoms with van der Waals surface area (Å²) in [5, 5.41) is 14.3. The van der Waals surface area contributed by atoms with Gasteiger partial charge in [0.25, 0.3) is 15.9 Å². The van der Waals surface area contributed by atoms with Crippen LogP contribution in [0.4, 0.5) is 11.4 Å². The smallest absolute Gasteiger partial charge is 0.286 e. The molecule has 5 aliphatic rings. The maximum absolute atomic E-state index is 13.9. The van der Waals surface area contributed by atoms with Crippen LogP contribution in [-0.4, -0.2) is 56.9 Å². The second kappa shape index (κ2) is 7.70. The molecule has 3 fully saturated rings. The summed E-state index contributed by atoms with van der Waals surface area (Å²) >= 11 is 0.